The van der Waals surface area contributed by atoms with E-state index in [1.165, 1.54) is 18.9 Å². The second-order valence-electron chi connectivity index (χ2n) is 5.88. The Kier molecular flexibility index (Phi) is 4.59. The zero-order valence-electron chi connectivity index (χ0n) is 14.7. The lowest BCUT2D eigenvalue weighted by atomic mass is 10.2. The van der Waals surface area contributed by atoms with Gasteiger partial charge in [-0.25, -0.2) is 9.78 Å². The summed E-state index contributed by atoms with van der Waals surface area (Å²) >= 11 is 1.48. The second kappa shape index (κ2) is 7.20. The first-order valence-electron chi connectivity index (χ1n) is 8.19. The lowest BCUT2D eigenvalue weighted by molar-refractivity contribution is 0.0602. The minimum absolute atomic E-state index is 0.409. The fourth-order valence-electron chi connectivity index (χ4n) is 2.73. The number of aromatic nitrogens is 6. The Bertz CT molecular complexity index is 1120. The van der Waals surface area contributed by atoms with Crippen molar-refractivity contribution in [3.05, 3.63) is 65.6 Å². The van der Waals surface area contributed by atoms with Crippen LogP contribution < -0.4 is 0 Å². The number of hydrogen-bond acceptors (Lipinski definition) is 7. The Labute approximate surface area is 159 Å². The van der Waals surface area contributed by atoms with Gasteiger partial charge in [0, 0.05) is 18.1 Å². The van der Waals surface area contributed by atoms with Crippen LogP contribution in [0.3, 0.4) is 0 Å². The molecule has 0 saturated heterocycles. The molecule has 3 heterocycles. The van der Waals surface area contributed by atoms with Crippen LogP contribution in [-0.4, -0.2) is 42.7 Å². The van der Waals surface area contributed by atoms with E-state index in [1.54, 1.807) is 16.8 Å². The van der Waals surface area contributed by atoms with Crippen LogP contribution in [-0.2, 0) is 10.5 Å². The Morgan fingerprint density at radius 2 is 2.15 bits per heavy atom. The highest BCUT2D eigenvalue weighted by Gasteiger charge is 2.15. The zero-order chi connectivity index (χ0) is 18.8. The summed E-state index contributed by atoms with van der Waals surface area (Å²) in [6.45, 7) is 2.02. The molecule has 0 fully saturated rings. The van der Waals surface area contributed by atoms with Crippen LogP contribution in [0, 0.1) is 6.92 Å². The maximum atomic E-state index is 11.9. The summed E-state index contributed by atoms with van der Waals surface area (Å²) in [5, 5.41) is 12.6. The second-order valence-corrected chi connectivity index (χ2v) is 6.82. The van der Waals surface area contributed by atoms with Crippen molar-refractivity contribution in [3.63, 3.8) is 0 Å². The molecule has 0 spiro atoms. The molecule has 0 aliphatic heterocycles. The molecule has 8 nitrogen and oxygen atoms in total. The molecule has 0 bridgehead atoms. The van der Waals surface area contributed by atoms with Gasteiger partial charge in [-0.2, -0.15) is 4.68 Å². The monoisotopic (exact) mass is 380 g/mol. The average Bonchev–Trinajstić information content (AvgIpc) is 3.31. The summed E-state index contributed by atoms with van der Waals surface area (Å²) in [7, 11) is 1.36. The Hall–Kier alpha value is -3.20. The molecule has 0 saturated carbocycles. The van der Waals surface area contributed by atoms with E-state index in [0.717, 1.165) is 16.9 Å². The van der Waals surface area contributed by atoms with Crippen molar-refractivity contribution in [3.8, 4) is 5.69 Å². The molecular formula is C18H16N6O2S. The zero-order valence-corrected chi connectivity index (χ0v) is 15.6. The number of esters is 1. The van der Waals surface area contributed by atoms with Crippen LogP contribution in [0.4, 0.5) is 0 Å². The van der Waals surface area contributed by atoms with Crippen LogP contribution in [0.25, 0.3) is 11.3 Å². The molecule has 4 aromatic rings. The number of aryl methyl sites for hydroxylation is 1. The van der Waals surface area contributed by atoms with E-state index in [2.05, 4.69) is 20.5 Å². The van der Waals surface area contributed by atoms with Gasteiger partial charge in [-0.05, 0) is 47.2 Å². The topological polar surface area (TPSA) is 87.2 Å². The molecule has 0 aliphatic carbocycles. The number of tetrazole rings is 1. The molecule has 136 valence electrons. The van der Waals surface area contributed by atoms with Gasteiger partial charge in [0.25, 0.3) is 0 Å². The lowest BCUT2D eigenvalue weighted by Crippen LogP contribution is -2.03. The predicted molar refractivity (Wildman–Crippen MR) is 100.0 cm³/mol. The van der Waals surface area contributed by atoms with E-state index in [0.29, 0.717) is 22.1 Å². The van der Waals surface area contributed by atoms with E-state index in [9.17, 15) is 4.79 Å². The molecule has 0 radical (unpaired) electrons. The average molecular weight is 380 g/mol. The van der Waals surface area contributed by atoms with Crippen molar-refractivity contribution < 1.29 is 9.53 Å². The van der Waals surface area contributed by atoms with Crippen molar-refractivity contribution in [2.45, 2.75) is 17.8 Å². The molecule has 0 amide bonds. The number of methoxy groups -OCH3 is 1. The molecular weight excluding hydrogens is 364 g/mol. The molecule has 9 heteroatoms. The molecule has 0 atom stereocenters. The van der Waals surface area contributed by atoms with Gasteiger partial charge < -0.3 is 9.14 Å². The molecule has 0 N–H and O–H groups in total. The van der Waals surface area contributed by atoms with Gasteiger partial charge in [0.15, 0.2) is 5.65 Å². The Morgan fingerprint density at radius 1 is 1.26 bits per heavy atom. The van der Waals surface area contributed by atoms with Crippen LogP contribution >= 0.6 is 11.8 Å². The van der Waals surface area contributed by atoms with Crippen LogP contribution in [0.5, 0.6) is 0 Å². The Morgan fingerprint density at radius 3 is 2.96 bits per heavy atom. The minimum atomic E-state index is -0.409. The first-order chi connectivity index (χ1) is 13.2. The fourth-order valence-corrected chi connectivity index (χ4v) is 3.51. The number of hydrogen-bond donors (Lipinski definition) is 0. The number of benzene rings is 1. The third-order valence-corrected chi connectivity index (χ3v) is 4.93. The highest BCUT2D eigenvalue weighted by molar-refractivity contribution is 7.98. The number of ether oxygens (including phenoxy) is 1. The maximum absolute atomic E-state index is 11.9. The van der Waals surface area contributed by atoms with Gasteiger partial charge in [0.05, 0.1) is 18.5 Å². The van der Waals surface area contributed by atoms with Crippen molar-refractivity contribution in [1.29, 1.82) is 0 Å². The summed E-state index contributed by atoms with van der Waals surface area (Å²) in [4.78, 5) is 16.5. The number of carbonyl (C=O) groups excluding carboxylic acids is 1. The highest BCUT2D eigenvalue weighted by Crippen LogP contribution is 2.23. The SMILES string of the molecule is COC(=O)c1cccn2cc(CSc3nnnn3-c3cccc(C)c3)nc12. The standard InChI is InChI=1S/C18H16N6O2S/c1-12-5-3-6-14(9-12)24-18(20-21-22-24)27-11-13-10-23-8-4-7-15(16(23)19-13)17(25)26-2/h3-10H,11H2,1-2H3. The number of carbonyl (C=O) groups is 1. The van der Waals surface area contributed by atoms with Gasteiger partial charge in [0.1, 0.15) is 5.56 Å². The van der Waals surface area contributed by atoms with Crippen molar-refractivity contribution >= 4 is 23.4 Å². The number of rotatable bonds is 5. The first-order valence-corrected chi connectivity index (χ1v) is 9.17. The number of pyridine rings is 1. The van der Waals surface area contributed by atoms with Gasteiger partial charge >= 0.3 is 5.97 Å². The van der Waals surface area contributed by atoms with Gasteiger partial charge in [0.2, 0.25) is 5.16 Å². The molecule has 3 aromatic heterocycles. The van der Waals surface area contributed by atoms with Crippen molar-refractivity contribution in [2.24, 2.45) is 0 Å². The third kappa shape index (κ3) is 3.41. The van der Waals surface area contributed by atoms with Gasteiger partial charge in [-0.15, -0.1) is 5.10 Å². The predicted octanol–water partition coefficient (Wildman–Crippen LogP) is 2.70. The van der Waals surface area contributed by atoms with Crippen LogP contribution in [0.15, 0.2) is 53.9 Å². The molecule has 0 unspecified atom stereocenters. The van der Waals surface area contributed by atoms with E-state index in [-0.39, 0.29) is 0 Å². The number of imidazole rings is 1. The third-order valence-electron chi connectivity index (χ3n) is 3.97. The maximum Gasteiger partial charge on any atom is 0.341 e. The van der Waals surface area contributed by atoms with Gasteiger partial charge in [-0.1, -0.05) is 23.9 Å². The van der Waals surface area contributed by atoms with E-state index in [4.69, 9.17) is 4.74 Å². The largest absolute Gasteiger partial charge is 0.465 e. The summed E-state index contributed by atoms with van der Waals surface area (Å²) in [6.07, 6.45) is 3.73. The minimum Gasteiger partial charge on any atom is -0.465 e. The number of thioether (sulfide) groups is 1. The van der Waals surface area contributed by atoms with E-state index < -0.39 is 5.97 Å². The fraction of sp³-hybridized carbons (Fsp3) is 0.167. The summed E-state index contributed by atoms with van der Waals surface area (Å²) in [6, 6.07) is 11.5. The quantitative estimate of drug-likeness (QED) is 0.388. The van der Waals surface area contributed by atoms with E-state index >= 15 is 0 Å². The summed E-state index contributed by atoms with van der Waals surface area (Å²) < 4.78 is 8.33. The molecule has 0 aliphatic rings. The van der Waals surface area contributed by atoms with Gasteiger partial charge in [-0.3, -0.25) is 0 Å². The number of fused-ring (bicyclic) bond motifs is 1. The Balaban J connectivity index is 1.58. The van der Waals surface area contributed by atoms with E-state index in [1.807, 2.05) is 48.0 Å². The summed E-state index contributed by atoms with van der Waals surface area (Å²) in [5.41, 5.74) is 3.86. The van der Waals surface area contributed by atoms with Crippen LogP contribution in [0.2, 0.25) is 0 Å². The molecule has 27 heavy (non-hydrogen) atoms. The first kappa shape index (κ1) is 17.2. The number of nitrogens with zero attached hydrogens (tertiary/aromatic N) is 6. The van der Waals surface area contributed by atoms with Crippen molar-refractivity contribution in [1.82, 2.24) is 29.6 Å². The van der Waals surface area contributed by atoms with Crippen LogP contribution in [0.1, 0.15) is 21.6 Å². The van der Waals surface area contributed by atoms with Crippen molar-refractivity contribution in [2.75, 3.05) is 7.11 Å². The summed E-state index contributed by atoms with van der Waals surface area (Å²) in [5.74, 6) is 0.155. The highest BCUT2D eigenvalue weighted by atomic mass is 32.2. The lowest BCUT2D eigenvalue weighted by Gasteiger charge is -2.04. The molecule has 1 aromatic carbocycles. The molecule has 4 rings (SSSR count). The normalized spacial score (nSPS) is 11.0. The smallest absolute Gasteiger partial charge is 0.341 e.